The van der Waals surface area contributed by atoms with Crippen LogP contribution < -0.4 is 0 Å². The van der Waals surface area contributed by atoms with Gasteiger partial charge in [0.15, 0.2) is 0 Å². The van der Waals surface area contributed by atoms with Gasteiger partial charge in [-0.2, -0.15) is 0 Å². The molecule has 0 nitrogen and oxygen atoms in total. The van der Waals surface area contributed by atoms with Gasteiger partial charge in [0.25, 0.3) is 0 Å². The van der Waals surface area contributed by atoms with Crippen molar-refractivity contribution in [1.29, 1.82) is 0 Å². The quantitative estimate of drug-likeness (QED) is 0.524. The zero-order valence-electron chi connectivity index (χ0n) is 17.7. The predicted octanol–water partition coefficient (Wildman–Crippen LogP) is 7.81. The van der Waals surface area contributed by atoms with Gasteiger partial charge in [0.1, 0.15) is 0 Å². The normalized spacial score (nSPS) is 21.0. The summed E-state index contributed by atoms with van der Waals surface area (Å²) in [5, 5.41) is 0. The van der Waals surface area contributed by atoms with Gasteiger partial charge in [-0.25, -0.2) is 0 Å². The maximum Gasteiger partial charge on any atom is 0.0118 e. The number of allylic oxidation sites excluding steroid dienone is 2. The largest absolute Gasteiger partial charge is 0.0618 e. The SMILES string of the molecule is CCC1=Cc2c(C)cccc2C1C(C)(C)C1C(CC)=Cc2c(C)cccc21. The smallest absolute Gasteiger partial charge is 0.0118 e. The van der Waals surface area contributed by atoms with E-state index in [1.165, 1.54) is 33.4 Å². The first-order chi connectivity index (χ1) is 12.9. The molecule has 0 spiro atoms. The van der Waals surface area contributed by atoms with E-state index in [1.54, 1.807) is 11.1 Å². The Morgan fingerprint density at radius 2 is 1.11 bits per heavy atom. The Morgan fingerprint density at radius 1 is 0.704 bits per heavy atom. The Balaban J connectivity index is 1.88. The molecule has 2 aromatic carbocycles. The highest BCUT2D eigenvalue weighted by molar-refractivity contribution is 5.73. The van der Waals surface area contributed by atoms with E-state index in [4.69, 9.17) is 0 Å². The van der Waals surface area contributed by atoms with Gasteiger partial charge < -0.3 is 0 Å². The van der Waals surface area contributed by atoms with E-state index in [-0.39, 0.29) is 5.41 Å². The molecule has 140 valence electrons. The number of hydrogen-bond acceptors (Lipinski definition) is 0. The molecule has 0 saturated carbocycles. The van der Waals surface area contributed by atoms with Crippen molar-refractivity contribution >= 4 is 12.2 Å². The fraction of sp³-hybridized carbons (Fsp3) is 0.407. The summed E-state index contributed by atoms with van der Waals surface area (Å²) in [6.07, 6.45) is 7.22. The molecule has 4 rings (SSSR count). The van der Waals surface area contributed by atoms with E-state index in [0.717, 1.165) is 12.8 Å². The molecular formula is C27H32. The molecule has 0 N–H and O–H groups in total. The fourth-order valence-electron chi connectivity index (χ4n) is 5.78. The zero-order valence-corrected chi connectivity index (χ0v) is 17.7. The standard InChI is InChI=1S/C27H32/c1-7-19-15-23-17(3)11-9-13-21(23)25(19)27(5,6)26-20(8-2)16-24-18(4)12-10-14-22(24)26/h9-16,25-26H,7-8H2,1-6H3. The van der Waals surface area contributed by atoms with E-state index in [9.17, 15) is 0 Å². The highest BCUT2D eigenvalue weighted by atomic mass is 14.5. The molecule has 0 amide bonds. The van der Waals surface area contributed by atoms with Crippen molar-refractivity contribution in [3.05, 3.63) is 80.9 Å². The van der Waals surface area contributed by atoms with Gasteiger partial charge in [-0.05, 0) is 65.5 Å². The Hall–Kier alpha value is -2.08. The zero-order chi connectivity index (χ0) is 19.3. The van der Waals surface area contributed by atoms with Crippen LogP contribution in [0.15, 0.2) is 47.5 Å². The van der Waals surface area contributed by atoms with Crippen LogP contribution in [0.4, 0.5) is 0 Å². The van der Waals surface area contributed by atoms with Crippen LogP contribution in [0.2, 0.25) is 0 Å². The number of fused-ring (bicyclic) bond motifs is 2. The van der Waals surface area contributed by atoms with Gasteiger partial charge in [0.2, 0.25) is 0 Å². The first-order valence-electron chi connectivity index (χ1n) is 10.5. The van der Waals surface area contributed by atoms with Crippen molar-refractivity contribution in [1.82, 2.24) is 0 Å². The summed E-state index contributed by atoms with van der Waals surface area (Å²) in [6, 6.07) is 13.7. The van der Waals surface area contributed by atoms with Gasteiger partial charge in [-0.15, -0.1) is 0 Å². The van der Waals surface area contributed by atoms with Crippen molar-refractivity contribution in [3.8, 4) is 0 Å². The number of benzene rings is 2. The second-order valence-electron chi connectivity index (χ2n) is 8.99. The second kappa shape index (κ2) is 6.51. The lowest BCUT2D eigenvalue weighted by molar-refractivity contribution is 0.269. The number of hydrogen-bond donors (Lipinski definition) is 0. The van der Waals surface area contributed by atoms with Crippen LogP contribution >= 0.6 is 0 Å². The third kappa shape index (κ3) is 2.64. The maximum atomic E-state index is 2.50. The van der Waals surface area contributed by atoms with Gasteiger partial charge in [-0.3, -0.25) is 0 Å². The number of rotatable bonds is 4. The van der Waals surface area contributed by atoms with Crippen LogP contribution in [0.1, 0.15) is 85.8 Å². The van der Waals surface area contributed by atoms with Crippen molar-refractivity contribution in [3.63, 3.8) is 0 Å². The molecule has 0 radical (unpaired) electrons. The molecule has 2 aliphatic rings. The summed E-state index contributed by atoms with van der Waals surface area (Å²) in [5.41, 5.74) is 12.2. The molecule has 27 heavy (non-hydrogen) atoms. The molecule has 0 heteroatoms. The third-order valence-corrected chi connectivity index (χ3v) is 7.04. The Kier molecular flexibility index (Phi) is 4.41. The minimum absolute atomic E-state index is 0.141. The van der Waals surface area contributed by atoms with E-state index < -0.39 is 0 Å². The molecule has 2 aliphatic carbocycles. The monoisotopic (exact) mass is 356 g/mol. The fourth-order valence-corrected chi connectivity index (χ4v) is 5.78. The molecule has 0 heterocycles. The maximum absolute atomic E-state index is 2.50. The molecule has 0 aromatic heterocycles. The molecule has 0 saturated heterocycles. The minimum atomic E-state index is 0.141. The molecular weight excluding hydrogens is 324 g/mol. The van der Waals surface area contributed by atoms with Gasteiger partial charge in [-0.1, -0.05) is 87.4 Å². The van der Waals surface area contributed by atoms with Crippen molar-refractivity contribution in [2.24, 2.45) is 5.41 Å². The highest BCUT2D eigenvalue weighted by Crippen LogP contribution is 2.59. The van der Waals surface area contributed by atoms with Gasteiger partial charge >= 0.3 is 0 Å². The average Bonchev–Trinajstić information content (AvgIpc) is 3.22. The first-order valence-corrected chi connectivity index (χ1v) is 10.5. The van der Waals surface area contributed by atoms with Crippen LogP contribution in [0.3, 0.4) is 0 Å². The lowest BCUT2D eigenvalue weighted by Crippen LogP contribution is -2.30. The third-order valence-electron chi connectivity index (χ3n) is 7.04. The van der Waals surface area contributed by atoms with Gasteiger partial charge in [0.05, 0.1) is 0 Å². The van der Waals surface area contributed by atoms with Crippen molar-refractivity contribution in [2.45, 2.75) is 66.2 Å². The summed E-state index contributed by atoms with van der Waals surface area (Å²) in [5.74, 6) is 0.979. The summed E-state index contributed by atoms with van der Waals surface area (Å²) >= 11 is 0. The van der Waals surface area contributed by atoms with E-state index >= 15 is 0 Å². The molecule has 2 unspecified atom stereocenters. The van der Waals surface area contributed by atoms with Gasteiger partial charge in [0, 0.05) is 11.8 Å². The molecule has 2 aromatic rings. The lowest BCUT2D eigenvalue weighted by Gasteiger charge is -2.42. The second-order valence-corrected chi connectivity index (χ2v) is 8.99. The highest BCUT2D eigenvalue weighted by Gasteiger charge is 2.46. The molecule has 0 aliphatic heterocycles. The molecule has 0 bridgehead atoms. The Morgan fingerprint density at radius 3 is 1.48 bits per heavy atom. The van der Waals surface area contributed by atoms with Crippen molar-refractivity contribution in [2.75, 3.05) is 0 Å². The van der Waals surface area contributed by atoms with Crippen LogP contribution in [-0.2, 0) is 0 Å². The lowest BCUT2D eigenvalue weighted by atomic mass is 9.61. The van der Waals surface area contributed by atoms with Crippen LogP contribution in [0.5, 0.6) is 0 Å². The Labute approximate surface area is 165 Å². The number of aryl methyl sites for hydroxylation is 2. The van der Waals surface area contributed by atoms with E-state index in [0.29, 0.717) is 11.8 Å². The topological polar surface area (TPSA) is 0 Å². The van der Waals surface area contributed by atoms with E-state index in [1.807, 2.05) is 0 Å². The van der Waals surface area contributed by atoms with Crippen LogP contribution in [0.25, 0.3) is 12.2 Å². The minimum Gasteiger partial charge on any atom is -0.0618 e. The summed E-state index contributed by atoms with van der Waals surface area (Å²) in [4.78, 5) is 0. The summed E-state index contributed by atoms with van der Waals surface area (Å²) < 4.78 is 0. The van der Waals surface area contributed by atoms with Crippen molar-refractivity contribution < 1.29 is 0 Å². The first kappa shape index (κ1) is 18.3. The summed E-state index contributed by atoms with van der Waals surface area (Å²) in [7, 11) is 0. The Bertz CT molecular complexity index is 874. The summed E-state index contributed by atoms with van der Waals surface area (Å²) in [6.45, 7) is 14.2. The average molecular weight is 357 g/mol. The van der Waals surface area contributed by atoms with Crippen LogP contribution in [-0.4, -0.2) is 0 Å². The molecule has 0 fully saturated rings. The van der Waals surface area contributed by atoms with E-state index in [2.05, 4.69) is 90.1 Å². The predicted molar refractivity (Wildman–Crippen MR) is 118 cm³/mol. The molecule has 2 atom stereocenters. The van der Waals surface area contributed by atoms with Crippen LogP contribution in [0, 0.1) is 19.3 Å².